The van der Waals surface area contributed by atoms with E-state index in [-0.39, 0.29) is 16.6 Å². The van der Waals surface area contributed by atoms with Crippen LogP contribution < -0.4 is 10.9 Å². The number of nitrogens with zero attached hydrogens (tertiary/aromatic N) is 3. The van der Waals surface area contributed by atoms with E-state index < -0.39 is 86.9 Å². The molecule has 0 atom stereocenters. The first-order valence-corrected chi connectivity index (χ1v) is 11.8. The van der Waals surface area contributed by atoms with Gasteiger partial charge in [-0.2, -0.15) is 31.6 Å². The average molecular weight is 616 g/mol. The largest absolute Gasteiger partial charge is 0.416 e. The van der Waals surface area contributed by atoms with Crippen molar-refractivity contribution in [1.29, 1.82) is 10.7 Å². The third-order valence-electron chi connectivity index (χ3n) is 6.06. The average Bonchev–Trinajstić information content (AvgIpc) is 3.11. The molecule has 0 unspecified atom stereocenters. The number of halogens is 9. The van der Waals surface area contributed by atoms with Crippen molar-refractivity contribution in [2.75, 3.05) is 5.32 Å². The topological polar surface area (TPSA) is 104 Å². The molecule has 7 nitrogen and oxygen atoms in total. The lowest BCUT2D eigenvalue weighted by Gasteiger charge is -2.16. The Labute approximate surface area is 234 Å². The van der Waals surface area contributed by atoms with E-state index in [1.54, 1.807) is 6.07 Å². The third-order valence-corrected chi connectivity index (χ3v) is 6.39. The molecule has 2 N–H and O–H groups in total. The van der Waals surface area contributed by atoms with Crippen LogP contribution in [0.2, 0.25) is 5.02 Å². The number of nitriles is 1. The maximum Gasteiger partial charge on any atom is 0.416 e. The van der Waals surface area contributed by atoms with E-state index in [0.29, 0.717) is 22.8 Å². The molecule has 0 bridgehead atoms. The molecule has 0 radical (unpaired) electrons. The second kappa shape index (κ2) is 10.6. The first-order valence-electron chi connectivity index (χ1n) is 11.4. The number of amides is 1. The first kappa shape index (κ1) is 30.3. The molecule has 0 aliphatic heterocycles. The van der Waals surface area contributed by atoms with Crippen molar-refractivity contribution >= 4 is 40.0 Å². The number of alkyl halides is 6. The van der Waals surface area contributed by atoms with Crippen molar-refractivity contribution in [3.8, 4) is 6.07 Å². The minimum absolute atomic E-state index is 0.122. The molecular formula is C26H14ClF8N5O2. The smallest absolute Gasteiger partial charge is 0.321 e. The van der Waals surface area contributed by atoms with E-state index in [0.717, 1.165) is 29.8 Å². The normalized spacial score (nSPS) is 11.9. The fourth-order valence-corrected chi connectivity index (χ4v) is 4.48. The molecule has 0 saturated carbocycles. The van der Waals surface area contributed by atoms with Gasteiger partial charge in [0.25, 0.3) is 5.91 Å². The van der Waals surface area contributed by atoms with Gasteiger partial charge in [0.15, 0.2) is 5.78 Å². The monoisotopic (exact) mass is 615 g/mol. The molecular weight excluding hydrogens is 602 g/mol. The van der Waals surface area contributed by atoms with Crippen molar-refractivity contribution in [3.63, 3.8) is 0 Å². The Morgan fingerprint density at radius 2 is 1.69 bits per heavy atom. The number of nitrogens with one attached hydrogen (secondary N) is 2. The van der Waals surface area contributed by atoms with Crippen LogP contribution in [-0.2, 0) is 19.8 Å². The van der Waals surface area contributed by atoms with Gasteiger partial charge in [-0.3, -0.25) is 15.0 Å². The summed E-state index contributed by atoms with van der Waals surface area (Å²) < 4.78 is 109. The second-order valence-electron chi connectivity index (χ2n) is 8.87. The van der Waals surface area contributed by atoms with Crippen molar-refractivity contribution in [2.24, 2.45) is 7.05 Å². The molecule has 1 heterocycles. The van der Waals surface area contributed by atoms with Crippen LogP contribution in [0.1, 0.15) is 37.4 Å². The zero-order valence-corrected chi connectivity index (χ0v) is 21.6. The van der Waals surface area contributed by atoms with Crippen LogP contribution in [0.4, 0.5) is 40.8 Å². The van der Waals surface area contributed by atoms with Crippen molar-refractivity contribution < 1.29 is 44.7 Å². The minimum atomic E-state index is -5.06. The SMILES string of the molecule is Cn1c(=N)n(CC(F)(F)F)c2cc(NC(=O)c3cc(F)cc(C(F)(F)F)c3)c(C(=O)c3cc(F)ccc3Cl)c(C#N)c21. The number of hydrogen-bond donors (Lipinski definition) is 2. The van der Waals surface area contributed by atoms with Crippen LogP contribution in [0.5, 0.6) is 0 Å². The van der Waals surface area contributed by atoms with Gasteiger partial charge in [0.1, 0.15) is 24.2 Å². The first-order chi connectivity index (χ1) is 19.4. The van der Waals surface area contributed by atoms with Gasteiger partial charge < -0.3 is 14.5 Å². The molecule has 16 heteroatoms. The van der Waals surface area contributed by atoms with Crippen LogP contribution in [0.25, 0.3) is 11.0 Å². The van der Waals surface area contributed by atoms with Crippen LogP contribution in [0.15, 0.2) is 42.5 Å². The summed E-state index contributed by atoms with van der Waals surface area (Å²) in [6, 6.07) is 5.88. The lowest BCUT2D eigenvalue weighted by atomic mass is 9.95. The molecule has 1 amide bonds. The molecule has 218 valence electrons. The van der Waals surface area contributed by atoms with Gasteiger partial charge in [0.05, 0.1) is 38.4 Å². The van der Waals surface area contributed by atoms with Gasteiger partial charge in [-0.1, -0.05) is 11.6 Å². The van der Waals surface area contributed by atoms with E-state index in [4.69, 9.17) is 17.0 Å². The number of carbonyl (C=O) groups is 2. The maximum atomic E-state index is 14.0. The summed E-state index contributed by atoms with van der Waals surface area (Å²) in [5.41, 5.74) is -6.64. The lowest BCUT2D eigenvalue weighted by Crippen LogP contribution is -2.29. The van der Waals surface area contributed by atoms with Crippen molar-refractivity contribution in [3.05, 3.63) is 92.6 Å². The molecule has 42 heavy (non-hydrogen) atoms. The molecule has 0 fully saturated rings. The minimum Gasteiger partial charge on any atom is -0.321 e. The lowest BCUT2D eigenvalue weighted by molar-refractivity contribution is -0.140. The Morgan fingerprint density at radius 1 is 1.02 bits per heavy atom. The predicted molar refractivity (Wildman–Crippen MR) is 132 cm³/mol. The summed E-state index contributed by atoms with van der Waals surface area (Å²) in [5, 5.41) is 19.9. The van der Waals surface area contributed by atoms with Gasteiger partial charge in [-0.25, -0.2) is 8.78 Å². The van der Waals surface area contributed by atoms with Gasteiger partial charge in [0.2, 0.25) is 5.62 Å². The molecule has 3 aromatic carbocycles. The summed E-state index contributed by atoms with van der Waals surface area (Å²) in [6.07, 6.45) is -9.93. The Kier molecular flexibility index (Phi) is 7.64. The number of rotatable bonds is 5. The number of fused-ring (bicyclic) bond motifs is 1. The zero-order chi connectivity index (χ0) is 31.3. The van der Waals surface area contributed by atoms with Crippen LogP contribution >= 0.6 is 11.6 Å². The number of aromatic nitrogens is 2. The highest BCUT2D eigenvalue weighted by Gasteiger charge is 2.34. The standard InChI is InChI=1S/C26H14ClF8N5O2/c1-39-21-16(9-36)20(22(41)15-7-13(28)2-3-17(15)27)18(8-19(21)40(24(39)37)10-25(30,31)32)38-23(42)11-4-12(26(33,34)35)6-14(29)5-11/h2-8,37H,10H2,1H3,(H,38,42). The summed E-state index contributed by atoms with van der Waals surface area (Å²) in [5.74, 6) is -5.02. The quantitative estimate of drug-likeness (QED) is 0.203. The Balaban J connectivity index is 2.04. The number of hydrogen-bond acceptors (Lipinski definition) is 4. The van der Waals surface area contributed by atoms with Gasteiger partial charge >= 0.3 is 12.4 Å². The molecule has 4 aromatic rings. The summed E-state index contributed by atoms with van der Waals surface area (Å²) in [4.78, 5) is 26.7. The number of ketones is 1. The summed E-state index contributed by atoms with van der Waals surface area (Å²) >= 11 is 6.05. The molecule has 0 aliphatic rings. The summed E-state index contributed by atoms with van der Waals surface area (Å²) in [7, 11) is 1.13. The van der Waals surface area contributed by atoms with E-state index in [1.165, 1.54) is 0 Å². The maximum absolute atomic E-state index is 14.0. The molecule has 0 spiro atoms. The van der Waals surface area contributed by atoms with Crippen LogP contribution in [-0.4, -0.2) is 27.0 Å². The van der Waals surface area contributed by atoms with Gasteiger partial charge in [-0.15, -0.1) is 0 Å². The number of carbonyl (C=O) groups excluding carboxylic acids is 2. The number of benzene rings is 3. The fraction of sp³-hybridized carbons (Fsp3) is 0.154. The van der Waals surface area contributed by atoms with Crippen molar-refractivity contribution in [1.82, 2.24) is 9.13 Å². The predicted octanol–water partition coefficient (Wildman–Crippen LogP) is 6.33. The highest BCUT2D eigenvalue weighted by atomic mass is 35.5. The van der Waals surface area contributed by atoms with E-state index in [2.05, 4.69) is 5.32 Å². The third kappa shape index (κ3) is 5.70. The van der Waals surface area contributed by atoms with E-state index >= 15 is 0 Å². The highest BCUT2D eigenvalue weighted by molar-refractivity contribution is 6.35. The molecule has 0 aliphatic carbocycles. The second-order valence-corrected chi connectivity index (χ2v) is 9.28. The van der Waals surface area contributed by atoms with Crippen molar-refractivity contribution in [2.45, 2.75) is 18.9 Å². The number of imidazole rings is 1. The molecule has 1 aromatic heterocycles. The van der Waals surface area contributed by atoms with Crippen LogP contribution in [0.3, 0.4) is 0 Å². The summed E-state index contributed by atoms with van der Waals surface area (Å²) in [6.45, 7) is -1.73. The van der Waals surface area contributed by atoms with E-state index in [9.17, 15) is 50.0 Å². The molecule has 4 rings (SSSR count). The molecule has 0 saturated heterocycles. The van der Waals surface area contributed by atoms with E-state index in [1.807, 2.05) is 0 Å². The Hall–Kier alpha value is -4.71. The Morgan fingerprint density at radius 3 is 2.29 bits per heavy atom. The number of aryl methyl sites for hydroxylation is 1. The Bertz CT molecular complexity index is 1880. The van der Waals surface area contributed by atoms with Gasteiger partial charge in [-0.05, 0) is 42.5 Å². The van der Waals surface area contributed by atoms with Crippen LogP contribution in [0, 0.1) is 28.4 Å². The fourth-order valence-electron chi connectivity index (χ4n) is 4.27. The van der Waals surface area contributed by atoms with Gasteiger partial charge in [0, 0.05) is 18.2 Å². The zero-order valence-electron chi connectivity index (χ0n) is 20.8. The number of anilines is 1. The highest BCUT2D eigenvalue weighted by Crippen LogP contribution is 2.35.